The van der Waals surface area contributed by atoms with Crippen molar-refractivity contribution in [1.82, 2.24) is 0 Å². The quantitative estimate of drug-likeness (QED) is 0.705. The second-order valence-corrected chi connectivity index (χ2v) is 10.4. The Hall–Kier alpha value is -2.17. The average molecular weight is 375 g/mol. The van der Waals surface area contributed by atoms with Gasteiger partial charge in [0.25, 0.3) is 0 Å². The molecule has 5 nitrogen and oxygen atoms in total. The summed E-state index contributed by atoms with van der Waals surface area (Å²) in [5.41, 5.74) is 0.176. The molecule has 2 N–H and O–H groups in total. The van der Waals surface area contributed by atoms with Crippen LogP contribution in [-0.4, -0.2) is 17.6 Å². The SMILES string of the molecule is CC(C)(C)CC(=O)c1cc(NC(=O)C(C)(C)C)cc(NC(=O)C(C)(C)C)c1. The predicted octanol–water partition coefficient (Wildman–Crippen LogP) is 5.27. The van der Waals surface area contributed by atoms with Crippen molar-refractivity contribution in [2.75, 3.05) is 10.6 Å². The Morgan fingerprint density at radius 3 is 1.37 bits per heavy atom. The van der Waals surface area contributed by atoms with Crippen LogP contribution in [-0.2, 0) is 9.59 Å². The summed E-state index contributed by atoms with van der Waals surface area (Å²) in [5, 5.41) is 5.70. The van der Waals surface area contributed by atoms with Crippen LogP contribution in [0.15, 0.2) is 18.2 Å². The Balaban J connectivity index is 3.28. The number of hydrogen-bond acceptors (Lipinski definition) is 3. The maximum atomic E-state index is 12.7. The molecule has 0 fully saturated rings. The number of rotatable bonds is 4. The first-order chi connectivity index (χ1) is 12.0. The van der Waals surface area contributed by atoms with Crippen LogP contribution in [0.4, 0.5) is 11.4 Å². The minimum absolute atomic E-state index is 0.0272. The zero-order chi connectivity index (χ0) is 21.2. The van der Waals surface area contributed by atoms with Crippen LogP contribution in [0.25, 0.3) is 0 Å². The molecule has 5 heteroatoms. The monoisotopic (exact) mass is 374 g/mol. The van der Waals surface area contributed by atoms with Gasteiger partial charge >= 0.3 is 0 Å². The molecule has 1 aromatic rings. The standard InChI is InChI=1S/C22H34N2O3/c1-20(2,3)13-17(25)14-10-15(23-18(26)21(4,5)6)12-16(11-14)24-19(27)22(7,8)9/h10-12H,13H2,1-9H3,(H,23,26)(H,24,27). The number of carbonyl (C=O) groups is 3. The minimum Gasteiger partial charge on any atom is -0.326 e. The highest BCUT2D eigenvalue weighted by atomic mass is 16.2. The molecular weight excluding hydrogens is 340 g/mol. The largest absolute Gasteiger partial charge is 0.326 e. The summed E-state index contributed by atoms with van der Waals surface area (Å²) < 4.78 is 0. The van der Waals surface area contributed by atoms with Gasteiger partial charge in [0.05, 0.1) is 0 Å². The van der Waals surface area contributed by atoms with E-state index in [4.69, 9.17) is 0 Å². The molecule has 0 heterocycles. The van der Waals surface area contributed by atoms with E-state index < -0.39 is 10.8 Å². The molecule has 0 bridgehead atoms. The number of ketones is 1. The van der Waals surface area contributed by atoms with E-state index in [1.165, 1.54) is 0 Å². The van der Waals surface area contributed by atoms with E-state index in [-0.39, 0.29) is 23.0 Å². The second-order valence-electron chi connectivity index (χ2n) is 10.4. The van der Waals surface area contributed by atoms with E-state index in [0.717, 1.165) is 0 Å². The summed E-state index contributed by atoms with van der Waals surface area (Å²) in [7, 11) is 0. The zero-order valence-corrected chi connectivity index (χ0v) is 18.2. The summed E-state index contributed by atoms with van der Waals surface area (Å²) in [6.07, 6.45) is 0.371. The molecule has 0 aliphatic carbocycles. The van der Waals surface area contributed by atoms with Crippen LogP contribution in [0.5, 0.6) is 0 Å². The van der Waals surface area contributed by atoms with Crippen molar-refractivity contribution in [3.63, 3.8) is 0 Å². The van der Waals surface area contributed by atoms with Crippen LogP contribution >= 0.6 is 0 Å². The normalized spacial score (nSPS) is 12.5. The van der Waals surface area contributed by atoms with Crippen molar-refractivity contribution >= 4 is 29.0 Å². The molecule has 0 spiro atoms. The second kappa shape index (κ2) is 7.83. The van der Waals surface area contributed by atoms with Crippen LogP contribution in [0, 0.1) is 16.2 Å². The molecule has 0 atom stereocenters. The van der Waals surface area contributed by atoms with Gasteiger partial charge in [-0.2, -0.15) is 0 Å². The highest BCUT2D eigenvalue weighted by Crippen LogP contribution is 2.27. The minimum atomic E-state index is -0.569. The van der Waals surface area contributed by atoms with Crippen molar-refractivity contribution in [2.24, 2.45) is 16.2 Å². The van der Waals surface area contributed by atoms with Crippen LogP contribution < -0.4 is 10.6 Å². The van der Waals surface area contributed by atoms with Gasteiger partial charge in [-0.25, -0.2) is 0 Å². The molecule has 0 unspecified atom stereocenters. The first kappa shape index (κ1) is 22.9. The molecule has 27 heavy (non-hydrogen) atoms. The summed E-state index contributed by atoms with van der Waals surface area (Å²) >= 11 is 0. The third-order valence-corrected chi connectivity index (χ3v) is 3.82. The number of nitrogens with one attached hydrogen (secondary N) is 2. The first-order valence-corrected chi connectivity index (χ1v) is 9.30. The topological polar surface area (TPSA) is 75.3 Å². The van der Waals surface area contributed by atoms with E-state index in [1.54, 1.807) is 18.2 Å². The number of carbonyl (C=O) groups excluding carboxylic acids is 3. The van der Waals surface area contributed by atoms with E-state index in [2.05, 4.69) is 10.6 Å². The fourth-order valence-electron chi connectivity index (χ4n) is 2.15. The van der Waals surface area contributed by atoms with Crippen molar-refractivity contribution < 1.29 is 14.4 Å². The Labute approximate surface area is 163 Å². The van der Waals surface area contributed by atoms with Crippen molar-refractivity contribution in [1.29, 1.82) is 0 Å². The van der Waals surface area contributed by atoms with E-state index in [9.17, 15) is 14.4 Å². The van der Waals surface area contributed by atoms with Gasteiger partial charge < -0.3 is 10.6 Å². The first-order valence-electron chi connectivity index (χ1n) is 9.30. The lowest BCUT2D eigenvalue weighted by molar-refractivity contribution is -0.123. The predicted molar refractivity (Wildman–Crippen MR) is 111 cm³/mol. The van der Waals surface area contributed by atoms with Gasteiger partial charge in [-0.15, -0.1) is 0 Å². The molecule has 1 aromatic carbocycles. The third kappa shape index (κ3) is 7.53. The molecule has 0 aromatic heterocycles. The van der Waals surface area contributed by atoms with Gasteiger partial charge in [0, 0.05) is 34.2 Å². The van der Waals surface area contributed by atoms with Gasteiger partial charge in [0.15, 0.2) is 5.78 Å². The lowest BCUT2D eigenvalue weighted by Gasteiger charge is -2.21. The highest BCUT2D eigenvalue weighted by molar-refractivity contribution is 6.02. The Morgan fingerprint density at radius 2 is 1.07 bits per heavy atom. The van der Waals surface area contributed by atoms with Gasteiger partial charge in [-0.05, 0) is 23.6 Å². The fraction of sp³-hybridized carbons (Fsp3) is 0.591. The van der Waals surface area contributed by atoms with Gasteiger partial charge in [0.2, 0.25) is 11.8 Å². The van der Waals surface area contributed by atoms with Crippen LogP contribution in [0.2, 0.25) is 0 Å². The fourth-order valence-corrected chi connectivity index (χ4v) is 2.15. The summed E-state index contributed by atoms with van der Waals surface area (Å²) in [6, 6.07) is 5.02. The van der Waals surface area contributed by atoms with Crippen LogP contribution in [0.1, 0.15) is 79.1 Å². The lowest BCUT2D eigenvalue weighted by Crippen LogP contribution is -2.29. The van der Waals surface area contributed by atoms with E-state index >= 15 is 0 Å². The molecular formula is C22H34N2O3. The molecule has 0 aliphatic rings. The Morgan fingerprint density at radius 1 is 0.704 bits per heavy atom. The molecule has 0 saturated carbocycles. The van der Waals surface area contributed by atoms with Crippen molar-refractivity contribution in [3.8, 4) is 0 Å². The van der Waals surface area contributed by atoms with Gasteiger partial charge in [-0.3, -0.25) is 14.4 Å². The highest BCUT2D eigenvalue weighted by Gasteiger charge is 2.25. The lowest BCUT2D eigenvalue weighted by atomic mass is 9.87. The molecule has 0 saturated heterocycles. The molecule has 150 valence electrons. The zero-order valence-electron chi connectivity index (χ0n) is 18.2. The van der Waals surface area contributed by atoms with Gasteiger partial charge in [0.1, 0.15) is 0 Å². The number of Topliss-reactive ketones (excluding diaryl/α,β-unsaturated/α-hetero) is 1. The number of anilines is 2. The summed E-state index contributed by atoms with van der Waals surface area (Å²) in [5.74, 6) is -0.340. The maximum Gasteiger partial charge on any atom is 0.229 e. The number of amides is 2. The number of hydrogen-bond donors (Lipinski definition) is 2. The van der Waals surface area contributed by atoms with Crippen LogP contribution in [0.3, 0.4) is 0 Å². The number of benzene rings is 1. The van der Waals surface area contributed by atoms with E-state index in [1.807, 2.05) is 62.3 Å². The smallest absolute Gasteiger partial charge is 0.229 e. The molecule has 0 aliphatic heterocycles. The molecule has 2 amide bonds. The van der Waals surface area contributed by atoms with E-state index in [0.29, 0.717) is 23.4 Å². The van der Waals surface area contributed by atoms with Gasteiger partial charge in [-0.1, -0.05) is 62.3 Å². The summed E-state index contributed by atoms with van der Waals surface area (Å²) in [4.78, 5) is 37.4. The molecule has 1 rings (SSSR count). The van der Waals surface area contributed by atoms with Crippen molar-refractivity contribution in [2.45, 2.75) is 68.7 Å². The Bertz CT molecular complexity index is 683. The third-order valence-electron chi connectivity index (χ3n) is 3.82. The summed E-state index contributed by atoms with van der Waals surface area (Å²) in [6.45, 7) is 16.9. The average Bonchev–Trinajstić information content (AvgIpc) is 2.43. The maximum absolute atomic E-state index is 12.7. The Kier molecular flexibility index (Phi) is 6.63. The van der Waals surface area contributed by atoms with Crippen molar-refractivity contribution in [3.05, 3.63) is 23.8 Å². The molecule has 0 radical (unpaired) electrons.